The second kappa shape index (κ2) is 8.22. The third-order valence-corrected chi connectivity index (χ3v) is 4.57. The summed E-state index contributed by atoms with van der Waals surface area (Å²) in [5.41, 5.74) is 1.92. The summed E-state index contributed by atoms with van der Waals surface area (Å²) in [7, 11) is -4.69. The van der Waals surface area contributed by atoms with Crippen LogP contribution in [0.4, 0.5) is 0 Å². The Hall–Kier alpha value is -2.55. The number of hydrogen-bond acceptors (Lipinski definition) is 7. The molecule has 0 radical (unpaired) electrons. The van der Waals surface area contributed by atoms with Gasteiger partial charge in [0.2, 0.25) is 0 Å². The standard InChI is InChI=1S/C20H18N2O.ClHO4/c1-14-5-4-8-19-21-12-18(13-22(14)19)20(23)17-10-9-15-6-2-3-7-16(15)11-17;2-1(3,4)5/h2-11,18H,12-13H2,1H3;(H,2,3,4,5). The van der Waals surface area contributed by atoms with E-state index in [4.69, 9.17) is 18.6 Å². The molecule has 1 unspecified atom stereocenters. The van der Waals surface area contributed by atoms with E-state index in [1.54, 1.807) is 0 Å². The van der Waals surface area contributed by atoms with Gasteiger partial charge in [0.1, 0.15) is 5.84 Å². The second-order valence-electron chi connectivity index (χ2n) is 6.50. The molecule has 2 aromatic rings. The van der Waals surface area contributed by atoms with Crippen LogP contribution in [0.25, 0.3) is 10.8 Å². The van der Waals surface area contributed by atoms with Crippen molar-refractivity contribution in [1.82, 2.24) is 4.90 Å². The largest absolute Gasteiger partial charge is 0.330 e. The molecule has 0 spiro atoms. The fourth-order valence-corrected chi connectivity index (χ4v) is 3.24. The van der Waals surface area contributed by atoms with E-state index in [2.05, 4.69) is 29.0 Å². The van der Waals surface area contributed by atoms with Gasteiger partial charge >= 0.3 is 0 Å². The average Bonchev–Trinajstić information content (AvgIpc) is 2.66. The third-order valence-electron chi connectivity index (χ3n) is 4.57. The van der Waals surface area contributed by atoms with Crippen molar-refractivity contribution in [2.45, 2.75) is 6.92 Å². The van der Waals surface area contributed by atoms with Crippen molar-refractivity contribution < 1.29 is 33.7 Å². The first-order chi connectivity index (χ1) is 13.2. The molecule has 0 amide bonds. The molecule has 0 aliphatic carbocycles. The SMILES string of the molecule is CC1=CC=CC2=NCC(C(=O)c3ccc4ccccc4c3)CN12.[O-][Cl+3]([O-])([O-])O. The maximum atomic E-state index is 12.9. The van der Waals surface area contributed by atoms with Gasteiger partial charge in [-0.2, -0.15) is 14.0 Å². The van der Waals surface area contributed by atoms with E-state index in [0.29, 0.717) is 13.1 Å². The Kier molecular flexibility index (Phi) is 5.93. The van der Waals surface area contributed by atoms with Crippen molar-refractivity contribution in [2.75, 3.05) is 13.1 Å². The number of carbonyl (C=O) groups is 1. The van der Waals surface area contributed by atoms with E-state index in [0.717, 1.165) is 27.9 Å². The molecule has 0 fully saturated rings. The van der Waals surface area contributed by atoms with E-state index >= 15 is 0 Å². The first-order valence-electron chi connectivity index (χ1n) is 8.55. The van der Waals surface area contributed by atoms with Crippen molar-refractivity contribution >= 4 is 22.4 Å². The number of ketones is 1. The highest BCUT2D eigenvalue weighted by Crippen LogP contribution is 2.23. The van der Waals surface area contributed by atoms with Gasteiger partial charge in [0.15, 0.2) is 5.78 Å². The zero-order valence-corrected chi connectivity index (χ0v) is 15.9. The summed E-state index contributed by atoms with van der Waals surface area (Å²) in [6, 6.07) is 14.1. The Morgan fingerprint density at radius 1 is 1.18 bits per heavy atom. The Bertz CT molecular complexity index is 972. The van der Waals surface area contributed by atoms with Crippen LogP contribution >= 0.6 is 0 Å². The van der Waals surface area contributed by atoms with E-state index in [-0.39, 0.29) is 11.7 Å². The summed E-state index contributed by atoms with van der Waals surface area (Å²) in [6.07, 6.45) is 6.07. The molecule has 0 saturated heterocycles. The molecule has 0 aromatic heterocycles. The first-order valence-corrected chi connectivity index (χ1v) is 9.82. The fourth-order valence-electron chi connectivity index (χ4n) is 3.24. The molecule has 8 heteroatoms. The summed E-state index contributed by atoms with van der Waals surface area (Å²) in [6.45, 7) is 3.33. The summed E-state index contributed by atoms with van der Waals surface area (Å²) in [4.78, 5) is 19.6. The highest BCUT2D eigenvalue weighted by Gasteiger charge is 2.29. The van der Waals surface area contributed by atoms with E-state index < -0.39 is 10.2 Å². The summed E-state index contributed by atoms with van der Waals surface area (Å²) in [5.74, 6) is 1.06. The van der Waals surface area contributed by atoms with Gasteiger partial charge in [-0.05, 0) is 35.9 Å². The minimum Gasteiger partial charge on any atom is -0.330 e. The number of benzene rings is 2. The molecule has 4 rings (SSSR count). The lowest BCUT2D eigenvalue weighted by atomic mass is 9.93. The first kappa shape index (κ1) is 20.2. The highest BCUT2D eigenvalue weighted by atomic mass is 35.7. The van der Waals surface area contributed by atoms with Crippen LogP contribution in [-0.4, -0.2) is 34.3 Å². The second-order valence-corrected chi connectivity index (χ2v) is 7.29. The lowest BCUT2D eigenvalue weighted by Crippen LogP contribution is -2.58. The fraction of sp³-hybridized carbons (Fsp3) is 0.200. The van der Waals surface area contributed by atoms with Crippen molar-refractivity contribution in [3.05, 3.63) is 72.0 Å². The van der Waals surface area contributed by atoms with Crippen LogP contribution in [0.1, 0.15) is 17.3 Å². The number of fused-ring (bicyclic) bond motifs is 2. The average molecular weight is 403 g/mol. The molecule has 28 heavy (non-hydrogen) atoms. The van der Waals surface area contributed by atoms with Gasteiger partial charge in [-0.1, -0.05) is 42.5 Å². The normalized spacial score (nSPS) is 18.6. The lowest BCUT2D eigenvalue weighted by Gasteiger charge is -2.34. The topological polar surface area (TPSA) is 122 Å². The number of amidine groups is 1. The monoisotopic (exact) mass is 402 g/mol. The number of hydrogen-bond donors (Lipinski definition) is 1. The molecule has 2 aliphatic heterocycles. The van der Waals surface area contributed by atoms with Gasteiger partial charge in [0.25, 0.3) is 0 Å². The van der Waals surface area contributed by atoms with E-state index in [1.165, 1.54) is 0 Å². The molecular formula is C20H19ClN2O5. The lowest BCUT2D eigenvalue weighted by molar-refractivity contribution is -1.92. The predicted octanol–water partition coefficient (Wildman–Crippen LogP) is -0.298. The number of Topliss-reactive ketones (excluding diaryl/α,β-unsaturated/α-hetero) is 1. The van der Waals surface area contributed by atoms with Crippen LogP contribution in [0.15, 0.2) is 71.4 Å². The molecule has 2 aliphatic rings. The van der Waals surface area contributed by atoms with Crippen LogP contribution < -0.4 is 14.0 Å². The number of aliphatic imine (C=N–C) groups is 1. The molecule has 0 saturated carbocycles. The number of carbonyl (C=O) groups excluding carboxylic acids is 1. The number of halogens is 1. The Balaban J connectivity index is 0.000000403. The van der Waals surface area contributed by atoms with E-state index in [1.807, 2.05) is 48.6 Å². The van der Waals surface area contributed by atoms with Crippen LogP contribution in [0.3, 0.4) is 0 Å². The van der Waals surface area contributed by atoms with Crippen molar-refractivity contribution in [3.63, 3.8) is 0 Å². The Labute approximate surface area is 164 Å². The minimum absolute atomic E-state index is 0.0882. The van der Waals surface area contributed by atoms with Gasteiger partial charge in [-0.15, -0.1) is 0 Å². The van der Waals surface area contributed by atoms with Gasteiger partial charge in [-0.25, -0.2) is 0 Å². The number of rotatable bonds is 2. The minimum atomic E-state index is -4.69. The Morgan fingerprint density at radius 2 is 1.86 bits per heavy atom. The highest BCUT2D eigenvalue weighted by molar-refractivity contribution is 6.03. The zero-order chi connectivity index (χ0) is 20.3. The maximum Gasteiger partial charge on any atom is 0.169 e. The van der Waals surface area contributed by atoms with Crippen LogP contribution in [0.2, 0.25) is 0 Å². The molecule has 2 aromatic carbocycles. The van der Waals surface area contributed by atoms with Crippen molar-refractivity contribution in [3.8, 4) is 0 Å². The zero-order valence-electron chi connectivity index (χ0n) is 15.1. The van der Waals surface area contributed by atoms with Gasteiger partial charge in [0, 0.05) is 17.8 Å². The summed E-state index contributed by atoms with van der Waals surface area (Å²) >= 11 is 0. The molecule has 146 valence electrons. The van der Waals surface area contributed by atoms with Gasteiger partial charge in [-0.3, -0.25) is 9.79 Å². The predicted molar refractivity (Wildman–Crippen MR) is 95.9 cm³/mol. The Morgan fingerprint density at radius 3 is 2.57 bits per heavy atom. The summed E-state index contributed by atoms with van der Waals surface area (Å²) < 4.78 is 32.7. The smallest absolute Gasteiger partial charge is 0.169 e. The van der Waals surface area contributed by atoms with Crippen molar-refractivity contribution in [1.29, 1.82) is 0 Å². The molecule has 1 atom stereocenters. The number of nitrogens with zero attached hydrogens (tertiary/aromatic N) is 2. The molecule has 1 N–H and O–H groups in total. The number of allylic oxidation sites excluding steroid dienone is 3. The van der Waals surface area contributed by atoms with Crippen LogP contribution in [0, 0.1) is 16.2 Å². The van der Waals surface area contributed by atoms with Crippen molar-refractivity contribution in [2.24, 2.45) is 10.9 Å². The van der Waals surface area contributed by atoms with Gasteiger partial charge < -0.3 is 4.90 Å². The van der Waals surface area contributed by atoms with Gasteiger partial charge in [0.05, 0.1) is 27.4 Å². The molecule has 7 nitrogen and oxygen atoms in total. The quantitative estimate of drug-likeness (QED) is 0.688. The van der Waals surface area contributed by atoms with Crippen LogP contribution in [-0.2, 0) is 0 Å². The molecule has 0 bridgehead atoms. The maximum absolute atomic E-state index is 12.9. The molecule has 2 heterocycles. The molecular weight excluding hydrogens is 384 g/mol. The third kappa shape index (κ3) is 5.03. The van der Waals surface area contributed by atoms with E-state index in [9.17, 15) is 4.79 Å². The van der Waals surface area contributed by atoms with Crippen LogP contribution in [0.5, 0.6) is 0 Å². The summed E-state index contributed by atoms with van der Waals surface area (Å²) in [5, 5.41) is 2.27.